The number of benzene rings is 1. The fraction of sp³-hybridized carbons (Fsp3) is 0.462. The number of hydrogen-bond acceptors (Lipinski definition) is 3. The predicted molar refractivity (Wildman–Crippen MR) is 64.0 cm³/mol. The summed E-state index contributed by atoms with van der Waals surface area (Å²) in [5.74, 6) is -0.386. The fourth-order valence-electron chi connectivity index (χ4n) is 2.14. The van der Waals surface area contributed by atoms with Crippen LogP contribution in [-0.4, -0.2) is 17.2 Å². The zero-order chi connectivity index (χ0) is 12.4. The van der Waals surface area contributed by atoms with Crippen molar-refractivity contribution in [3.05, 3.63) is 29.3 Å². The highest BCUT2D eigenvalue weighted by Crippen LogP contribution is 2.31. The molecule has 0 aliphatic heterocycles. The lowest BCUT2D eigenvalue weighted by Crippen LogP contribution is -2.23. The molecule has 0 heterocycles. The molecule has 0 saturated heterocycles. The molecular weight excluding hydrogens is 218 g/mol. The molecule has 1 unspecified atom stereocenters. The Labute approximate surface area is 100 Å². The molecule has 3 N–H and O–H groups in total. The van der Waals surface area contributed by atoms with Gasteiger partial charge in [0.15, 0.2) is 6.10 Å². The van der Waals surface area contributed by atoms with E-state index < -0.39 is 12.1 Å². The van der Waals surface area contributed by atoms with E-state index in [1.54, 1.807) is 0 Å². The van der Waals surface area contributed by atoms with Gasteiger partial charge in [0.1, 0.15) is 5.75 Å². The van der Waals surface area contributed by atoms with Crippen LogP contribution in [0.5, 0.6) is 5.75 Å². The van der Waals surface area contributed by atoms with Crippen LogP contribution in [0.3, 0.4) is 0 Å². The first-order chi connectivity index (χ1) is 8.08. The van der Waals surface area contributed by atoms with E-state index in [4.69, 9.17) is 15.6 Å². The third-order valence-electron chi connectivity index (χ3n) is 3.14. The highest BCUT2D eigenvalue weighted by molar-refractivity contribution is 5.72. The minimum Gasteiger partial charge on any atom is -0.479 e. The molecular formula is C13H17NO3. The standard InChI is InChI=1S/C13H17NO3/c1-8(13(15)16)17-10-6-5-9-3-2-4-12(14)11(9)7-10/h5-8,12H,2-4,14H2,1H3,(H,15,16)/t8?,12-/m1/s1. The highest BCUT2D eigenvalue weighted by atomic mass is 16.5. The molecule has 0 aromatic heterocycles. The molecule has 0 radical (unpaired) electrons. The molecule has 0 amide bonds. The number of nitrogens with two attached hydrogens (primary N) is 1. The van der Waals surface area contributed by atoms with E-state index >= 15 is 0 Å². The van der Waals surface area contributed by atoms with Gasteiger partial charge in [-0.3, -0.25) is 0 Å². The molecule has 4 nitrogen and oxygen atoms in total. The maximum atomic E-state index is 10.7. The average molecular weight is 235 g/mol. The van der Waals surface area contributed by atoms with Crippen molar-refractivity contribution < 1.29 is 14.6 Å². The van der Waals surface area contributed by atoms with Gasteiger partial charge in [-0.05, 0) is 49.4 Å². The molecule has 0 fully saturated rings. The van der Waals surface area contributed by atoms with Crippen molar-refractivity contribution in [1.29, 1.82) is 0 Å². The second-order valence-electron chi connectivity index (χ2n) is 4.46. The highest BCUT2D eigenvalue weighted by Gasteiger charge is 2.19. The van der Waals surface area contributed by atoms with E-state index in [0.717, 1.165) is 24.8 Å². The van der Waals surface area contributed by atoms with E-state index in [2.05, 4.69) is 0 Å². The second-order valence-corrected chi connectivity index (χ2v) is 4.46. The van der Waals surface area contributed by atoms with Crippen molar-refractivity contribution in [1.82, 2.24) is 0 Å². The van der Waals surface area contributed by atoms with Gasteiger partial charge in [-0.15, -0.1) is 0 Å². The molecule has 2 rings (SSSR count). The zero-order valence-electron chi connectivity index (χ0n) is 9.85. The summed E-state index contributed by atoms with van der Waals surface area (Å²) in [4.78, 5) is 10.7. The minimum absolute atomic E-state index is 0.0439. The molecule has 1 aromatic carbocycles. The summed E-state index contributed by atoms with van der Waals surface area (Å²) < 4.78 is 5.34. The number of carboxylic acids is 1. The van der Waals surface area contributed by atoms with Crippen LogP contribution < -0.4 is 10.5 Å². The van der Waals surface area contributed by atoms with Crippen molar-refractivity contribution in [3.8, 4) is 5.75 Å². The van der Waals surface area contributed by atoms with Crippen LogP contribution in [-0.2, 0) is 11.2 Å². The van der Waals surface area contributed by atoms with Gasteiger partial charge in [-0.25, -0.2) is 4.79 Å². The van der Waals surface area contributed by atoms with E-state index in [1.165, 1.54) is 12.5 Å². The molecule has 0 spiro atoms. The van der Waals surface area contributed by atoms with Crippen LogP contribution in [0.4, 0.5) is 0 Å². The normalized spacial score (nSPS) is 20.5. The summed E-state index contributed by atoms with van der Waals surface area (Å²) in [6, 6.07) is 5.72. The largest absolute Gasteiger partial charge is 0.479 e. The number of hydrogen-bond donors (Lipinski definition) is 2. The number of fused-ring (bicyclic) bond motifs is 1. The quantitative estimate of drug-likeness (QED) is 0.839. The molecule has 0 saturated carbocycles. The predicted octanol–water partition coefficient (Wildman–Crippen LogP) is 1.87. The fourth-order valence-corrected chi connectivity index (χ4v) is 2.14. The third-order valence-corrected chi connectivity index (χ3v) is 3.14. The van der Waals surface area contributed by atoms with Gasteiger partial charge in [0, 0.05) is 6.04 Å². The molecule has 17 heavy (non-hydrogen) atoms. The Bertz CT molecular complexity index is 431. The molecule has 92 valence electrons. The smallest absolute Gasteiger partial charge is 0.344 e. The number of carboxylic acid groups (broad SMARTS) is 1. The zero-order valence-corrected chi connectivity index (χ0v) is 9.85. The molecule has 1 aliphatic rings. The summed E-state index contributed by atoms with van der Waals surface area (Å²) in [6.07, 6.45) is 2.29. The number of aliphatic carboxylic acids is 1. The summed E-state index contributed by atoms with van der Waals surface area (Å²) in [7, 11) is 0. The first-order valence-electron chi connectivity index (χ1n) is 5.86. The summed E-state index contributed by atoms with van der Waals surface area (Å²) >= 11 is 0. The lowest BCUT2D eigenvalue weighted by molar-refractivity contribution is -0.144. The molecule has 4 heteroatoms. The van der Waals surface area contributed by atoms with Crippen LogP contribution >= 0.6 is 0 Å². The minimum atomic E-state index is -0.966. The molecule has 0 bridgehead atoms. The molecule has 1 aliphatic carbocycles. The maximum absolute atomic E-state index is 10.7. The van der Waals surface area contributed by atoms with Gasteiger partial charge < -0.3 is 15.6 Å². The van der Waals surface area contributed by atoms with Crippen LogP contribution in [0.25, 0.3) is 0 Å². The summed E-state index contributed by atoms with van der Waals surface area (Å²) in [6.45, 7) is 1.52. The Balaban J connectivity index is 2.20. The summed E-state index contributed by atoms with van der Waals surface area (Å²) in [5, 5.41) is 8.78. The van der Waals surface area contributed by atoms with E-state index in [1.807, 2.05) is 18.2 Å². The van der Waals surface area contributed by atoms with Crippen molar-refractivity contribution in [2.24, 2.45) is 5.73 Å². The number of rotatable bonds is 3. The maximum Gasteiger partial charge on any atom is 0.344 e. The second kappa shape index (κ2) is 4.75. The van der Waals surface area contributed by atoms with Crippen molar-refractivity contribution in [2.75, 3.05) is 0 Å². The van der Waals surface area contributed by atoms with Gasteiger partial charge in [0.2, 0.25) is 0 Å². The van der Waals surface area contributed by atoms with Crippen molar-refractivity contribution in [2.45, 2.75) is 38.3 Å². The topological polar surface area (TPSA) is 72.5 Å². The number of carbonyl (C=O) groups is 1. The monoisotopic (exact) mass is 235 g/mol. The Kier molecular flexibility index (Phi) is 3.33. The van der Waals surface area contributed by atoms with Crippen LogP contribution in [0.15, 0.2) is 18.2 Å². The van der Waals surface area contributed by atoms with E-state index in [-0.39, 0.29) is 6.04 Å². The van der Waals surface area contributed by atoms with Gasteiger partial charge >= 0.3 is 5.97 Å². The Morgan fingerprint density at radius 1 is 1.59 bits per heavy atom. The molecule has 2 atom stereocenters. The van der Waals surface area contributed by atoms with Crippen LogP contribution in [0.1, 0.15) is 36.9 Å². The van der Waals surface area contributed by atoms with Gasteiger partial charge in [-0.1, -0.05) is 6.07 Å². The first kappa shape index (κ1) is 11.9. The number of aryl methyl sites for hydroxylation is 1. The van der Waals surface area contributed by atoms with Crippen molar-refractivity contribution >= 4 is 5.97 Å². The van der Waals surface area contributed by atoms with Gasteiger partial charge in [0.05, 0.1) is 0 Å². The Morgan fingerprint density at radius 2 is 2.35 bits per heavy atom. The Morgan fingerprint density at radius 3 is 3.06 bits per heavy atom. The lowest BCUT2D eigenvalue weighted by Gasteiger charge is -2.23. The Hall–Kier alpha value is -1.55. The lowest BCUT2D eigenvalue weighted by atomic mass is 9.88. The summed E-state index contributed by atoms with van der Waals surface area (Å²) in [5.41, 5.74) is 8.37. The van der Waals surface area contributed by atoms with Crippen LogP contribution in [0.2, 0.25) is 0 Å². The van der Waals surface area contributed by atoms with Gasteiger partial charge in [-0.2, -0.15) is 0 Å². The molecule has 1 aromatic rings. The van der Waals surface area contributed by atoms with Gasteiger partial charge in [0.25, 0.3) is 0 Å². The SMILES string of the molecule is CC(Oc1ccc2c(c1)[C@H](N)CCC2)C(=O)O. The van der Waals surface area contributed by atoms with E-state index in [9.17, 15) is 4.79 Å². The van der Waals surface area contributed by atoms with Crippen molar-refractivity contribution in [3.63, 3.8) is 0 Å². The average Bonchev–Trinajstić information content (AvgIpc) is 2.30. The third kappa shape index (κ3) is 2.58. The first-order valence-corrected chi connectivity index (χ1v) is 5.86. The van der Waals surface area contributed by atoms with E-state index in [0.29, 0.717) is 5.75 Å². The number of ether oxygens (including phenoxy) is 1. The van der Waals surface area contributed by atoms with Crippen LogP contribution in [0, 0.1) is 0 Å².